The summed E-state index contributed by atoms with van der Waals surface area (Å²) in [6.45, 7) is 2.10. The normalized spacial score (nSPS) is 10.6. The van der Waals surface area contributed by atoms with Crippen molar-refractivity contribution < 1.29 is 4.74 Å². The van der Waals surface area contributed by atoms with Gasteiger partial charge in [-0.15, -0.1) is 0 Å². The number of benzene rings is 2. The van der Waals surface area contributed by atoms with E-state index in [9.17, 15) is 0 Å². The fraction of sp³-hybridized carbons (Fsp3) is 0.125. The van der Waals surface area contributed by atoms with Gasteiger partial charge in [-0.2, -0.15) is 0 Å². The standard InChI is InChI=1S/C16H16N2O/c1-11-6-7-15-14(8-11)16(10-17-15)18-12-4-3-5-13(9-12)19-2/h3-10,17-18H,1-2H3. The molecule has 0 aliphatic heterocycles. The highest BCUT2D eigenvalue weighted by Gasteiger charge is 2.04. The molecule has 0 bridgehead atoms. The van der Waals surface area contributed by atoms with Crippen LogP contribution in [0.4, 0.5) is 11.4 Å². The van der Waals surface area contributed by atoms with Crippen molar-refractivity contribution >= 4 is 22.3 Å². The van der Waals surface area contributed by atoms with Crippen molar-refractivity contribution in [2.75, 3.05) is 12.4 Å². The van der Waals surface area contributed by atoms with Crippen molar-refractivity contribution in [1.82, 2.24) is 4.98 Å². The highest BCUT2D eigenvalue weighted by Crippen LogP contribution is 2.28. The molecule has 3 rings (SSSR count). The van der Waals surface area contributed by atoms with Crippen LogP contribution in [0.25, 0.3) is 10.9 Å². The molecule has 2 aromatic carbocycles. The maximum atomic E-state index is 5.23. The molecule has 0 amide bonds. The Kier molecular flexibility index (Phi) is 2.88. The molecule has 0 spiro atoms. The van der Waals surface area contributed by atoms with Gasteiger partial charge in [0.25, 0.3) is 0 Å². The van der Waals surface area contributed by atoms with Crippen molar-refractivity contribution in [3.63, 3.8) is 0 Å². The minimum Gasteiger partial charge on any atom is -0.497 e. The van der Waals surface area contributed by atoms with Crippen LogP contribution in [0.1, 0.15) is 5.56 Å². The Labute approximate surface area is 112 Å². The van der Waals surface area contributed by atoms with Crippen LogP contribution in [-0.2, 0) is 0 Å². The van der Waals surface area contributed by atoms with Gasteiger partial charge in [0.2, 0.25) is 0 Å². The number of rotatable bonds is 3. The zero-order valence-electron chi connectivity index (χ0n) is 11.0. The first-order valence-corrected chi connectivity index (χ1v) is 6.25. The van der Waals surface area contributed by atoms with E-state index in [1.807, 2.05) is 30.5 Å². The van der Waals surface area contributed by atoms with Crippen molar-refractivity contribution in [3.05, 3.63) is 54.2 Å². The number of aromatic nitrogens is 1. The van der Waals surface area contributed by atoms with Crippen LogP contribution in [0.5, 0.6) is 5.75 Å². The number of methoxy groups -OCH3 is 1. The van der Waals surface area contributed by atoms with E-state index in [0.717, 1.165) is 22.6 Å². The molecule has 0 radical (unpaired) electrons. The third kappa shape index (κ3) is 2.27. The maximum absolute atomic E-state index is 5.23. The minimum atomic E-state index is 0.848. The fourth-order valence-corrected chi connectivity index (χ4v) is 2.19. The molecule has 1 aromatic heterocycles. The number of ether oxygens (including phenoxy) is 1. The molecule has 0 saturated heterocycles. The average molecular weight is 252 g/mol. The van der Waals surface area contributed by atoms with E-state index in [2.05, 4.69) is 35.4 Å². The number of nitrogens with one attached hydrogen (secondary N) is 2. The van der Waals surface area contributed by atoms with Crippen LogP contribution in [0.2, 0.25) is 0 Å². The van der Waals surface area contributed by atoms with Gasteiger partial charge < -0.3 is 15.0 Å². The number of anilines is 2. The van der Waals surface area contributed by atoms with Crippen molar-refractivity contribution in [2.24, 2.45) is 0 Å². The maximum Gasteiger partial charge on any atom is 0.120 e. The SMILES string of the molecule is COc1cccc(Nc2c[nH]c3ccc(C)cc23)c1. The summed E-state index contributed by atoms with van der Waals surface area (Å²) in [4.78, 5) is 3.27. The van der Waals surface area contributed by atoms with Crippen molar-refractivity contribution in [2.45, 2.75) is 6.92 Å². The molecule has 1 heterocycles. The molecule has 0 unspecified atom stereocenters. The molecule has 96 valence electrons. The largest absolute Gasteiger partial charge is 0.497 e. The number of aryl methyl sites for hydroxylation is 1. The molecule has 0 saturated carbocycles. The molecule has 0 fully saturated rings. The van der Waals surface area contributed by atoms with E-state index in [0.29, 0.717) is 0 Å². The summed E-state index contributed by atoms with van der Waals surface area (Å²) in [6.07, 6.45) is 1.99. The summed E-state index contributed by atoms with van der Waals surface area (Å²) in [7, 11) is 1.67. The highest BCUT2D eigenvalue weighted by atomic mass is 16.5. The van der Waals surface area contributed by atoms with E-state index in [4.69, 9.17) is 4.74 Å². The van der Waals surface area contributed by atoms with E-state index in [-0.39, 0.29) is 0 Å². The summed E-state index contributed by atoms with van der Waals surface area (Å²) < 4.78 is 5.23. The first-order valence-electron chi connectivity index (χ1n) is 6.25. The second-order valence-corrected chi connectivity index (χ2v) is 4.61. The van der Waals surface area contributed by atoms with Crippen molar-refractivity contribution in [3.8, 4) is 5.75 Å². The number of hydrogen-bond donors (Lipinski definition) is 2. The highest BCUT2D eigenvalue weighted by molar-refractivity contribution is 5.94. The molecule has 19 heavy (non-hydrogen) atoms. The van der Waals surface area contributed by atoms with Gasteiger partial charge in [-0.1, -0.05) is 17.7 Å². The number of H-pyrrole nitrogens is 1. The molecule has 3 heteroatoms. The van der Waals surface area contributed by atoms with Crippen LogP contribution in [0.3, 0.4) is 0 Å². The predicted octanol–water partition coefficient (Wildman–Crippen LogP) is 4.23. The number of hydrogen-bond acceptors (Lipinski definition) is 2. The monoisotopic (exact) mass is 252 g/mol. The fourth-order valence-electron chi connectivity index (χ4n) is 2.19. The summed E-state index contributed by atoms with van der Waals surface area (Å²) >= 11 is 0. The Morgan fingerprint density at radius 1 is 1.11 bits per heavy atom. The average Bonchev–Trinajstić information content (AvgIpc) is 2.81. The lowest BCUT2D eigenvalue weighted by Crippen LogP contribution is -1.90. The third-order valence-electron chi connectivity index (χ3n) is 3.19. The Morgan fingerprint density at radius 2 is 2.00 bits per heavy atom. The quantitative estimate of drug-likeness (QED) is 0.732. The molecule has 3 nitrogen and oxygen atoms in total. The summed E-state index contributed by atoms with van der Waals surface area (Å²) in [5.41, 5.74) is 4.48. The van der Waals surface area contributed by atoms with Crippen LogP contribution < -0.4 is 10.1 Å². The summed E-state index contributed by atoms with van der Waals surface area (Å²) in [6, 6.07) is 14.3. The lowest BCUT2D eigenvalue weighted by molar-refractivity contribution is 0.415. The Balaban J connectivity index is 1.98. The Morgan fingerprint density at radius 3 is 2.84 bits per heavy atom. The second kappa shape index (κ2) is 4.69. The van der Waals surface area contributed by atoms with Crippen molar-refractivity contribution in [1.29, 1.82) is 0 Å². The molecule has 0 aliphatic rings. The zero-order valence-corrected chi connectivity index (χ0v) is 11.0. The second-order valence-electron chi connectivity index (χ2n) is 4.61. The Hall–Kier alpha value is -2.42. The van der Waals surface area contributed by atoms with E-state index < -0.39 is 0 Å². The molecule has 0 aliphatic carbocycles. The first kappa shape index (κ1) is 11.7. The van der Waals surface area contributed by atoms with Gasteiger partial charge in [-0.05, 0) is 31.2 Å². The first-order chi connectivity index (χ1) is 9.26. The van der Waals surface area contributed by atoms with Crippen LogP contribution in [0.15, 0.2) is 48.7 Å². The van der Waals surface area contributed by atoms with Gasteiger partial charge in [-0.3, -0.25) is 0 Å². The topological polar surface area (TPSA) is 37.0 Å². The molecular formula is C16H16N2O. The van der Waals surface area contributed by atoms with Gasteiger partial charge >= 0.3 is 0 Å². The van der Waals surface area contributed by atoms with Gasteiger partial charge in [0.15, 0.2) is 0 Å². The van der Waals surface area contributed by atoms with Crippen LogP contribution in [-0.4, -0.2) is 12.1 Å². The van der Waals surface area contributed by atoms with Gasteiger partial charge in [0.05, 0.1) is 12.8 Å². The predicted molar refractivity (Wildman–Crippen MR) is 79.3 cm³/mol. The number of aromatic amines is 1. The third-order valence-corrected chi connectivity index (χ3v) is 3.19. The Bertz CT molecular complexity index is 716. The lowest BCUT2D eigenvalue weighted by atomic mass is 10.1. The van der Waals surface area contributed by atoms with Gasteiger partial charge in [0, 0.05) is 28.9 Å². The van der Waals surface area contributed by atoms with Crippen LogP contribution in [0, 0.1) is 6.92 Å². The molecule has 2 N–H and O–H groups in total. The number of fused-ring (bicyclic) bond motifs is 1. The molecule has 3 aromatic rings. The lowest BCUT2D eigenvalue weighted by Gasteiger charge is -2.07. The van der Waals surface area contributed by atoms with Crippen LogP contribution >= 0.6 is 0 Å². The zero-order chi connectivity index (χ0) is 13.2. The summed E-state index contributed by atoms with van der Waals surface area (Å²) in [5, 5.41) is 4.61. The smallest absolute Gasteiger partial charge is 0.120 e. The molecular weight excluding hydrogens is 236 g/mol. The van der Waals surface area contributed by atoms with Gasteiger partial charge in [0.1, 0.15) is 5.75 Å². The van der Waals surface area contributed by atoms with E-state index >= 15 is 0 Å². The van der Waals surface area contributed by atoms with Gasteiger partial charge in [-0.25, -0.2) is 0 Å². The van der Waals surface area contributed by atoms with E-state index in [1.165, 1.54) is 10.9 Å². The summed E-state index contributed by atoms with van der Waals surface area (Å²) in [5.74, 6) is 0.848. The minimum absolute atomic E-state index is 0.848. The van der Waals surface area contributed by atoms with E-state index in [1.54, 1.807) is 7.11 Å². The molecule has 0 atom stereocenters.